The Kier molecular flexibility index (Phi) is 3.23. The molecular formula is C10H15N3O3S. The topological polar surface area (TPSA) is 84.7 Å². The number of hydrogen-bond acceptors (Lipinski definition) is 4. The Morgan fingerprint density at radius 1 is 1.47 bits per heavy atom. The Bertz CT molecular complexity index is 486. The molecule has 3 N–H and O–H groups in total. The van der Waals surface area contributed by atoms with E-state index >= 15 is 0 Å². The molecule has 1 aliphatic rings. The van der Waals surface area contributed by atoms with Gasteiger partial charge in [0.2, 0.25) is 0 Å². The second-order valence-electron chi connectivity index (χ2n) is 3.78. The summed E-state index contributed by atoms with van der Waals surface area (Å²) >= 11 is 0. The number of ether oxygens (including phenoxy) is 1. The fourth-order valence-corrected chi connectivity index (χ4v) is 3.22. The molecule has 1 atom stereocenters. The maximum absolute atomic E-state index is 11.8. The van der Waals surface area contributed by atoms with Crippen molar-refractivity contribution in [1.29, 1.82) is 0 Å². The summed E-state index contributed by atoms with van der Waals surface area (Å²) < 4.78 is 32.5. The maximum atomic E-state index is 11.8. The van der Waals surface area contributed by atoms with Crippen LogP contribution in [0.5, 0.6) is 5.75 Å². The molecule has 0 radical (unpaired) electrons. The number of nitrogens with two attached hydrogens (primary N) is 1. The minimum absolute atomic E-state index is 0.234. The summed E-state index contributed by atoms with van der Waals surface area (Å²) in [7, 11) is -1.90. The molecule has 17 heavy (non-hydrogen) atoms. The summed E-state index contributed by atoms with van der Waals surface area (Å²) in [5, 5.41) is 0. The SMILES string of the molecule is COc1ccc(N2CC(CN)NS2(=O)=O)cc1. The average Bonchev–Trinajstić information content (AvgIpc) is 2.64. The summed E-state index contributed by atoms with van der Waals surface area (Å²) in [5.74, 6) is 0.689. The molecule has 1 fully saturated rings. The second-order valence-corrected chi connectivity index (χ2v) is 5.41. The lowest BCUT2D eigenvalue weighted by Crippen LogP contribution is -2.33. The fraction of sp³-hybridized carbons (Fsp3) is 0.400. The summed E-state index contributed by atoms with van der Waals surface area (Å²) in [4.78, 5) is 0. The number of anilines is 1. The summed E-state index contributed by atoms with van der Waals surface area (Å²) in [6.45, 7) is 0.636. The Morgan fingerprint density at radius 2 is 2.12 bits per heavy atom. The molecule has 0 saturated carbocycles. The molecule has 1 aliphatic heterocycles. The molecule has 0 aliphatic carbocycles. The standard InChI is InChI=1S/C10H15N3O3S/c1-16-10-4-2-9(3-5-10)13-7-8(6-11)12-17(13,14)15/h2-5,8,12H,6-7,11H2,1H3. The lowest BCUT2D eigenvalue weighted by Gasteiger charge is -2.16. The highest BCUT2D eigenvalue weighted by Gasteiger charge is 2.34. The molecule has 0 bridgehead atoms. The van der Waals surface area contributed by atoms with Crippen LogP contribution in [0.3, 0.4) is 0 Å². The van der Waals surface area contributed by atoms with Crippen LogP contribution in [0.2, 0.25) is 0 Å². The van der Waals surface area contributed by atoms with E-state index in [1.807, 2.05) is 0 Å². The first-order valence-corrected chi connectivity index (χ1v) is 6.65. The van der Waals surface area contributed by atoms with Gasteiger partial charge in [-0.25, -0.2) is 0 Å². The normalized spacial score (nSPS) is 22.7. The summed E-state index contributed by atoms with van der Waals surface area (Å²) in [6, 6.07) is 6.62. The van der Waals surface area contributed by atoms with Crippen LogP contribution in [0.1, 0.15) is 0 Å². The number of hydrogen-bond donors (Lipinski definition) is 2. The quantitative estimate of drug-likeness (QED) is 0.777. The van der Waals surface area contributed by atoms with Crippen molar-refractivity contribution in [3.8, 4) is 5.75 Å². The molecule has 0 aromatic heterocycles. The van der Waals surface area contributed by atoms with E-state index in [9.17, 15) is 8.42 Å². The molecule has 1 aromatic rings. The van der Waals surface area contributed by atoms with E-state index in [0.717, 1.165) is 0 Å². The first kappa shape index (κ1) is 12.2. The number of nitrogens with one attached hydrogen (secondary N) is 1. The van der Waals surface area contributed by atoms with Crippen LogP contribution in [0.25, 0.3) is 0 Å². The predicted octanol–water partition coefficient (Wildman–Crippen LogP) is -0.323. The van der Waals surface area contributed by atoms with Crippen LogP contribution >= 0.6 is 0 Å². The lowest BCUT2D eigenvalue weighted by atomic mass is 10.2. The molecule has 1 aromatic carbocycles. The zero-order valence-electron chi connectivity index (χ0n) is 9.46. The van der Waals surface area contributed by atoms with Gasteiger partial charge in [0.15, 0.2) is 0 Å². The molecule has 0 amide bonds. The molecule has 1 saturated heterocycles. The van der Waals surface area contributed by atoms with Crippen LogP contribution in [0.15, 0.2) is 24.3 Å². The monoisotopic (exact) mass is 257 g/mol. The van der Waals surface area contributed by atoms with Crippen molar-refractivity contribution in [2.24, 2.45) is 5.73 Å². The molecule has 6 nitrogen and oxygen atoms in total. The molecule has 1 heterocycles. The van der Waals surface area contributed by atoms with Crippen LogP contribution in [0, 0.1) is 0 Å². The van der Waals surface area contributed by atoms with Gasteiger partial charge in [0, 0.05) is 6.54 Å². The van der Waals surface area contributed by atoms with E-state index in [-0.39, 0.29) is 12.6 Å². The van der Waals surface area contributed by atoms with Crippen molar-refractivity contribution >= 4 is 15.9 Å². The Labute approximate surface area is 101 Å². The highest BCUT2D eigenvalue weighted by Crippen LogP contribution is 2.24. The van der Waals surface area contributed by atoms with Gasteiger partial charge in [-0.3, -0.25) is 4.31 Å². The van der Waals surface area contributed by atoms with Crippen molar-refractivity contribution in [3.05, 3.63) is 24.3 Å². The first-order valence-electron chi connectivity index (χ1n) is 5.21. The average molecular weight is 257 g/mol. The van der Waals surface area contributed by atoms with Gasteiger partial charge in [0.25, 0.3) is 0 Å². The lowest BCUT2D eigenvalue weighted by molar-refractivity contribution is 0.415. The second kappa shape index (κ2) is 4.52. The van der Waals surface area contributed by atoms with Crippen molar-refractivity contribution in [2.75, 3.05) is 24.5 Å². The van der Waals surface area contributed by atoms with Gasteiger partial charge in [-0.1, -0.05) is 0 Å². The number of methoxy groups -OCH3 is 1. The molecule has 94 valence electrons. The van der Waals surface area contributed by atoms with Gasteiger partial charge >= 0.3 is 10.2 Å². The summed E-state index contributed by atoms with van der Waals surface area (Å²) in [6.07, 6.45) is 0. The van der Waals surface area contributed by atoms with Crippen molar-refractivity contribution < 1.29 is 13.2 Å². The van der Waals surface area contributed by atoms with E-state index in [1.165, 1.54) is 4.31 Å². The molecule has 0 spiro atoms. The highest BCUT2D eigenvalue weighted by atomic mass is 32.2. The predicted molar refractivity (Wildman–Crippen MR) is 65.2 cm³/mol. The molecule has 7 heteroatoms. The fourth-order valence-electron chi connectivity index (χ4n) is 1.73. The minimum Gasteiger partial charge on any atom is -0.497 e. The Hall–Kier alpha value is -1.31. The van der Waals surface area contributed by atoms with Crippen LogP contribution in [0.4, 0.5) is 5.69 Å². The molecular weight excluding hydrogens is 242 g/mol. The smallest absolute Gasteiger partial charge is 0.301 e. The minimum atomic E-state index is -3.46. The number of benzene rings is 1. The third-order valence-electron chi connectivity index (χ3n) is 2.64. The van der Waals surface area contributed by atoms with Gasteiger partial charge in [0.1, 0.15) is 5.75 Å². The number of nitrogens with zero attached hydrogens (tertiary/aromatic N) is 1. The third-order valence-corrected chi connectivity index (χ3v) is 4.21. The Balaban J connectivity index is 2.27. The van der Waals surface area contributed by atoms with Crippen LogP contribution in [-0.2, 0) is 10.2 Å². The maximum Gasteiger partial charge on any atom is 0.301 e. The highest BCUT2D eigenvalue weighted by molar-refractivity contribution is 7.91. The van der Waals surface area contributed by atoms with Gasteiger partial charge in [-0.05, 0) is 24.3 Å². The van der Waals surface area contributed by atoms with E-state index in [1.54, 1.807) is 31.4 Å². The molecule has 2 rings (SSSR count). The number of rotatable bonds is 3. The van der Waals surface area contributed by atoms with Crippen molar-refractivity contribution in [2.45, 2.75) is 6.04 Å². The van der Waals surface area contributed by atoms with Crippen LogP contribution < -0.4 is 19.5 Å². The van der Waals surface area contributed by atoms with E-state index < -0.39 is 10.2 Å². The zero-order chi connectivity index (χ0) is 12.5. The van der Waals surface area contributed by atoms with E-state index in [4.69, 9.17) is 10.5 Å². The first-order chi connectivity index (χ1) is 8.06. The van der Waals surface area contributed by atoms with Crippen molar-refractivity contribution in [1.82, 2.24) is 4.72 Å². The Morgan fingerprint density at radius 3 is 2.59 bits per heavy atom. The van der Waals surface area contributed by atoms with Gasteiger partial charge in [-0.15, -0.1) is 0 Å². The van der Waals surface area contributed by atoms with E-state index in [0.29, 0.717) is 18.0 Å². The van der Waals surface area contributed by atoms with Crippen molar-refractivity contribution in [3.63, 3.8) is 0 Å². The third kappa shape index (κ3) is 2.36. The van der Waals surface area contributed by atoms with Crippen LogP contribution in [-0.4, -0.2) is 34.7 Å². The largest absolute Gasteiger partial charge is 0.497 e. The zero-order valence-corrected chi connectivity index (χ0v) is 10.3. The van der Waals surface area contributed by atoms with Gasteiger partial charge in [0.05, 0.1) is 25.4 Å². The van der Waals surface area contributed by atoms with E-state index in [2.05, 4.69) is 4.72 Å². The molecule has 1 unspecified atom stereocenters. The summed E-state index contributed by atoms with van der Waals surface area (Å²) in [5.41, 5.74) is 6.07. The van der Waals surface area contributed by atoms with Gasteiger partial charge < -0.3 is 10.5 Å². The van der Waals surface area contributed by atoms with Gasteiger partial charge in [-0.2, -0.15) is 13.1 Å².